The molecule has 1 rings (SSSR count). The zero-order chi connectivity index (χ0) is 13.8. The molecule has 0 saturated heterocycles. The molecule has 0 atom stereocenters. The lowest BCUT2D eigenvalue weighted by Gasteiger charge is -2.20. The van der Waals surface area contributed by atoms with Crippen LogP contribution in [0.1, 0.15) is 26.3 Å². The molecular formula is C14H19Br2NO. The van der Waals surface area contributed by atoms with Gasteiger partial charge in [-0.05, 0) is 54.4 Å². The van der Waals surface area contributed by atoms with Gasteiger partial charge in [0.15, 0.2) is 0 Å². The second-order valence-electron chi connectivity index (χ2n) is 5.17. The molecular weight excluding hydrogens is 358 g/mol. The van der Waals surface area contributed by atoms with Crippen LogP contribution in [0.4, 0.5) is 0 Å². The molecule has 0 aromatic heterocycles. The quantitative estimate of drug-likeness (QED) is 0.809. The van der Waals surface area contributed by atoms with E-state index in [0.29, 0.717) is 6.61 Å². The second-order valence-corrected chi connectivity index (χ2v) is 7.15. The number of hydrogen-bond acceptors (Lipinski definition) is 2. The molecule has 0 unspecified atom stereocenters. The Morgan fingerprint density at radius 1 is 1.39 bits per heavy atom. The summed E-state index contributed by atoms with van der Waals surface area (Å²) in [6.07, 6.45) is 0. The molecule has 2 nitrogen and oxygen atoms in total. The van der Waals surface area contributed by atoms with Crippen molar-refractivity contribution in [3.63, 3.8) is 0 Å². The number of nitrogens with one attached hydrogen (secondary N) is 1. The maximum Gasteiger partial charge on any atom is 0.134 e. The Kier molecular flexibility index (Phi) is 5.89. The topological polar surface area (TPSA) is 21.3 Å². The van der Waals surface area contributed by atoms with Crippen molar-refractivity contribution in [1.29, 1.82) is 0 Å². The lowest BCUT2D eigenvalue weighted by atomic mass is 10.1. The first-order chi connectivity index (χ1) is 8.28. The fourth-order valence-corrected chi connectivity index (χ4v) is 1.95. The summed E-state index contributed by atoms with van der Waals surface area (Å²) in [5.74, 6) is 0.829. The summed E-state index contributed by atoms with van der Waals surface area (Å²) in [5.41, 5.74) is 1.34. The molecule has 0 bridgehead atoms. The number of rotatable bonds is 5. The van der Waals surface area contributed by atoms with E-state index in [2.05, 4.69) is 76.7 Å². The summed E-state index contributed by atoms with van der Waals surface area (Å²) in [7, 11) is 0. The van der Waals surface area contributed by atoms with Gasteiger partial charge in [-0.25, -0.2) is 0 Å². The van der Waals surface area contributed by atoms with Gasteiger partial charge < -0.3 is 10.1 Å². The minimum atomic E-state index is 0.120. The zero-order valence-electron chi connectivity index (χ0n) is 11.0. The van der Waals surface area contributed by atoms with Crippen molar-refractivity contribution in [2.45, 2.75) is 32.9 Å². The summed E-state index contributed by atoms with van der Waals surface area (Å²) in [6.45, 7) is 11.5. The van der Waals surface area contributed by atoms with Crippen molar-refractivity contribution in [2.75, 3.05) is 6.61 Å². The molecule has 100 valence electrons. The van der Waals surface area contributed by atoms with Gasteiger partial charge in [-0.2, -0.15) is 0 Å². The van der Waals surface area contributed by atoms with E-state index >= 15 is 0 Å². The number of halogens is 2. The zero-order valence-corrected chi connectivity index (χ0v) is 14.2. The van der Waals surface area contributed by atoms with Gasteiger partial charge >= 0.3 is 0 Å². The summed E-state index contributed by atoms with van der Waals surface area (Å²) >= 11 is 6.79. The van der Waals surface area contributed by atoms with E-state index in [9.17, 15) is 0 Å². The van der Waals surface area contributed by atoms with Gasteiger partial charge in [0.25, 0.3) is 0 Å². The summed E-state index contributed by atoms with van der Waals surface area (Å²) in [6, 6.07) is 6.11. The van der Waals surface area contributed by atoms with E-state index in [-0.39, 0.29) is 5.54 Å². The highest BCUT2D eigenvalue weighted by Gasteiger charge is 2.09. The molecule has 0 aliphatic carbocycles. The van der Waals surface area contributed by atoms with Gasteiger partial charge in [0.1, 0.15) is 12.4 Å². The fourth-order valence-electron chi connectivity index (χ4n) is 1.29. The van der Waals surface area contributed by atoms with Crippen LogP contribution in [-0.2, 0) is 6.54 Å². The van der Waals surface area contributed by atoms with Crippen molar-refractivity contribution < 1.29 is 4.74 Å². The molecule has 0 spiro atoms. The average molecular weight is 377 g/mol. The fraction of sp³-hybridized carbons (Fsp3) is 0.429. The second kappa shape index (κ2) is 6.73. The SMILES string of the molecule is C=C(Br)COc1ccc(CNC(C)(C)C)cc1Br. The number of hydrogen-bond donors (Lipinski definition) is 1. The van der Waals surface area contributed by atoms with Crippen LogP contribution in [-0.4, -0.2) is 12.1 Å². The predicted molar refractivity (Wildman–Crippen MR) is 84.3 cm³/mol. The van der Waals surface area contributed by atoms with Crippen LogP contribution in [0.3, 0.4) is 0 Å². The summed E-state index contributed by atoms with van der Waals surface area (Å²) < 4.78 is 7.37. The first kappa shape index (κ1) is 15.7. The van der Waals surface area contributed by atoms with Crippen molar-refractivity contribution >= 4 is 31.9 Å². The van der Waals surface area contributed by atoms with Gasteiger partial charge in [0.05, 0.1) is 4.47 Å². The van der Waals surface area contributed by atoms with Gasteiger partial charge in [-0.1, -0.05) is 28.6 Å². The molecule has 1 N–H and O–H groups in total. The Morgan fingerprint density at radius 2 is 2.06 bits per heavy atom. The minimum absolute atomic E-state index is 0.120. The third-order valence-corrected chi connectivity index (χ3v) is 3.05. The van der Waals surface area contributed by atoms with Crippen molar-refractivity contribution in [2.24, 2.45) is 0 Å². The van der Waals surface area contributed by atoms with Crippen molar-refractivity contribution in [3.05, 3.63) is 39.3 Å². The summed E-state index contributed by atoms with van der Waals surface area (Å²) in [5, 5.41) is 3.45. The molecule has 0 heterocycles. The Balaban J connectivity index is 2.64. The number of benzene rings is 1. The van der Waals surface area contributed by atoms with Crippen LogP contribution in [0.15, 0.2) is 33.7 Å². The van der Waals surface area contributed by atoms with E-state index in [1.54, 1.807) is 0 Å². The highest BCUT2D eigenvalue weighted by atomic mass is 79.9. The molecule has 18 heavy (non-hydrogen) atoms. The molecule has 0 aliphatic rings. The maximum atomic E-state index is 5.58. The first-order valence-electron chi connectivity index (χ1n) is 5.77. The van der Waals surface area contributed by atoms with E-state index in [0.717, 1.165) is 21.2 Å². The third-order valence-electron chi connectivity index (χ3n) is 2.20. The highest BCUT2D eigenvalue weighted by Crippen LogP contribution is 2.26. The van der Waals surface area contributed by atoms with E-state index < -0.39 is 0 Å². The smallest absolute Gasteiger partial charge is 0.134 e. The van der Waals surface area contributed by atoms with Crippen molar-refractivity contribution in [1.82, 2.24) is 5.32 Å². The average Bonchev–Trinajstić information content (AvgIpc) is 2.24. The van der Waals surface area contributed by atoms with Gasteiger partial charge in [0, 0.05) is 16.6 Å². The minimum Gasteiger partial charge on any atom is -0.487 e. The lowest BCUT2D eigenvalue weighted by Crippen LogP contribution is -2.35. The van der Waals surface area contributed by atoms with Gasteiger partial charge in [0.2, 0.25) is 0 Å². The normalized spacial score (nSPS) is 11.4. The maximum absolute atomic E-state index is 5.58. The van der Waals surface area contributed by atoms with Gasteiger partial charge in [-0.15, -0.1) is 0 Å². The first-order valence-corrected chi connectivity index (χ1v) is 7.36. The monoisotopic (exact) mass is 375 g/mol. The molecule has 4 heteroatoms. The van der Waals surface area contributed by atoms with Crippen LogP contribution in [0, 0.1) is 0 Å². The predicted octanol–water partition coefficient (Wildman–Crippen LogP) is 4.62. The molecule has 0 fully saturated rings. The molecule has 0 saturated carbocycles. The molecule has 0 amide bonds. The third kappa shape index (κ3) is 6.03. The largest absolute Gasteiger partial charge is 0.487 e. The van der Waals surface area contributed by atoms with Crippen LogP contribution in [0.2, 0.25) is 0 Å². The molecule has 0 aliphatic heterocycles. The summed E-state index contributed by atoms with van der Waals surface area (Å²) in [4.78, 5) is 0. The van der Waals surface area contributed by atoms with Gasteiger partial charge in [-0.3, -0.25) is 0 Å². The molecule has 1 aromatic rings. The van der Waals surface area contributed by atoms with Crippen LogP contribution >= 0.6 is 31.9 Å². The van der Waals surface area contributed by atoms with E-state index in [1.165, 1.54) is 5.56 Å². The van der Waals surface area contributed by atoms with Crippen LogP contribution in [0.5, 0.6) is 5.75 Å². The Morgan fingerprint density at radius 3 is 2.56 bits per heavy atom. The van der Waals surface area contributed by atoms with Crippen LogP contribution < -0.4 is 10.1 Å². The van der Waals surface area contributed by atoms with Crippen LogP contribution in [0.25, 0.3) is 0 Å². The Labute approximate surface area is 126 Å². The highest BCUT2D eigenvalue weighted by molar-refractivity contribution is 9.11. The lowest BCUT2D eigenvalue weighted by molar-refractivity contribution is 0.358. The van der Waals surface area contributed by atoms with E-state index in [1.807, 2.05) is 6.07 Å². The Hall–Kier alpha value is -0.320. The number of ether oxygens (including phenoxy) is 1. The standard InChI is InChI=1S/C14H19Br2NO/c1-10(15)9-18-13-6-5-11(7-12(13)16)8-17-14(2,3)4/h5-7,17H,1,8-9H2,2-4H3. The van der Waals surface area contributed by atoms with Crippen molar-refractivity contribution in [3.8, 4) is 5.75 Å². The molecule has 1 aromatic carbocycles. The Bertz CT molecular complexity index is 424. The van der Waals surface area contributed by atoms with E-state index in [4.69, 9.17) is 4.74 Å². The molecule has 0 radical (unpaired) electrons.